The highest BCUT2D eigenvalue weighted by molar-refractivity contribution is 5.08. The number of nitrogens with one attached hydrogen (secondary N) is 1. The maximum Gasteiger partial charge on any atom is 0.0637 e. The third-order valence-corrected chi connectivity index (χ3v) is 1.60. The Kier molecular flexibility index (Phi) is 3.11. The first kappa shape index (κ1) is 8.27. The van der Waals surface area contributed by atoms with Crippen molar-refractivity contribution in [3.8, 4) is 0 Å². The molecule has 0 aliphatic carbocycles. The van der Waals surface area contributed by atoms with Crippen LogP contribution in [-0.4, -0.2) is 16.7 Å². The molecule has 0 fully saturated rings. The van der Waals surface area contributed by atoms with Gasteiger partial charge in [0.15, 0.2) is 0 Å². The Balaban J connectivity index is 2.51. The number of hydrogen-bond acceptors (Lipinski definition) is 2. The summed E-state index contributed by atoms with van der Waals surface area (Å²) >= 11 is 0. The van der Waals surface area contributed by atoms with Crippen molar-refractivity contribution in [3.63, 3.8) is 0 Å². The number of aryl methyl sites for hydroxylation is 1. The fraction of sp³-hybridized carbons (Fsp3) is 0.625. The molecule has 3 nitrogen and oxygen atoms in total. The van der Waals surface area contributed by atoms with Gasteiger partial charge in [-0.25, -0.2) is 0 Å². The SMILES string of the molecule is CCCc1cc(CCN)n[nH]1. The van der Waals surface area contributed by atoms with Gasteiger partial charge in [0.2, 0.25) is 0 Å². The summed E-state index contributed by atoms with van der Waals surface area (Å²) in [4.78, 5) is 0. The molecule has 0 aliphatic rings. The third-order valence-electron chi connectivity index (χ3n) is 1.60. The Morgan fingerprint density at radius 1 is 1.55 bits per heavy atom. The summed E-state index contributed by atoms with van der Waals surface area (Å²) in [6.07, 6.45) is 3.11. The van der Waals surface area contributed by atoms with E-state index < -0.39 is 0 Å². The molecule has 1 aromatic heterocycles. The summed E-state index contributed by atoms with van der Waals surface area (Å²) in [5.74, 6) is 0. The standard InChI is InChI=1S/C8H15N3/c1-2-3-7-6-8(4-5-9)11-10-7/h6H,2-5,9H2,1H3,(H,10,11). The van der Waals surface area contributed by atoms with Gasteiger partial charge in [0.05, 0.1) is 5.69 Å². The molecule has 62 valence electrons. The van der Waals surface area contributed by atoms with Crippen molar-refractivity contribution in [1.29, 1.82) is 0 Å². The molecule has 0 saturated heterocycles. The third kappa shape index (κ3) is 2.35. The zero-order valence-corrected chi connectivity index (χ0v) is 6.93. The zero-order valence-electron chi connectivity index (χ0n) is 6.93. The van der Waals surface area contributed by atoms with Gasteiger partial charge in [-0.1, -0.05) is 13.3 Å². The van der Waals surface area contributed by atoms with E-state index in [0.29, 0.717) is 6.54 Å². The van der Waals surface area contributed by atoms with Gasteiger partial charge in [0.25, 0.3) is 0 Å². The number of rotatable bonds is 4. The van der Waals surface area contributed by atoms with Crippen LogP contribution in [0.2, 0.25) is 0 Å². The van der Waals surface area contributed by atoms with Crippen molar-refractivity contribution in [3.05, 3.63) is 17.5 Å². The highest BCUT2D eigenvalue weighted by Crippen LogP contribution is 2.01. The van der Waals surface area contributed by atoms with Gasteiger partial charge >= 0.3 is 0 Å². The van der Waals surface area contributed by atoms with Gasteiger partial charge in [0, 0.05) is 12.1 Å². The maximum atomic E-state index is 5.39. The van der Waals surface area contributed by atoms with Crippen LogP contribution < -0.4 is 5.73 Å². The van der Waals surface area contributed by atoms with Gasteiger partial charge in [-0.2, -0.15) is 5.10 Å². The lowest BCUT2D eigenvalue weighted by molar-refractivity contribution is 0.855. The second-order valence-corrected chi connectivity index (χ2v) is 2.67. The van der Waals surface area contributed by atoms with E-state index in [1.807, 2.05) is 0 Å². The number of aromatic nitrogens is 2. The average Bonchev–Trinajstić information content (AvgIpc) is 2.38. The van der Waals surface area contributed by atoms with Crippen LogP contribution in [0.4, 0.5) is 0 Å². The Morgan fingerprint density at radius 2 is 2.36 bits per heavy atom. The molecular formula is C8H15N3. The molecule has 1 rings (SSSR count). The van der Waals surface area contributed by atoms with E-state index in [1.54, 1.807) is 0 Å². The van der Waals surface area contributed by atoms with E-state index in [-0.39, 0.29) is 0 Å². The quantitative estimate of drug-likeness (QED) is 0.674. The minimum atomic E-state index is 0.677. The molecule has 3 N–H and O–H groups in total. The predicted molar refractivity (Wildman–Crippen MR) is 45.3 cm³/mol. The van der Waals surface area contributed by atoms with Crippen LogP contribution in [0.25, 0.3) is 0 Å². The first-order chi connectivity index (χ1) is 5.36. The van der Waals surface area contributed by atoms with Crippen LogP contribution >= 0.6 is 0 Å². The van der Waals surface area contributed by atoms with Crippen LogP contribution in [0.3, 0.4) is 0 Å². The fourth-order valence-corrected chi connectivity index (χ4v) is 1.08. The molecular weight excluding hydrogens is 138 g/mol. The molecule has 1 heterocycles. The summed E-state index contributed by atoms with van der Waals surface area (Å²) in [5, 5.41) is 7.11. The van der Waals surface area contributed by atoms with Crippen LogP contribution in [0.1, 0.15) is 24.7 Å². The molecule has 0 spiro atoms. The number of hydrogen-bond donors (Lipinski definition) is 2. The van der Waals surface area contributed by atoms with Crippen molar-refractivity contribution in [2.45, 2.75) is 26.2 Å². The second kappa shape index (κ2) is 4.13. The normalized spacial score (nSPS) is 10.4. The molecule has 1 aromatic rings. The average molecular weight is 153 g/mol. The maximum absolute atomic E-state index is 5.39. The van der Waals surface area contributed by atoms with Gasteiger partial charge in [-0.05, 0) is 19.0 Å². The summed E-state index contributed by atoms with van der Waals surface area (Å²) in [5.41, 5.74) is 7.69. The van der Waals surface area contributed by atoms with E-state index in [2.05, 4.69) is 23.2 Å². The minimum absolute atomic E-state index is 0.677. The Labute approximate surface area is 67.0 Å². The summed E-state index contributed by atoms with van der Waals surface area (Å²) in [7, 11) is 0. The lowest BCUT2D eigenvalue weighted by atomic mass is 10.2. The molecule has 0 unspecified atom stereocenters. The Morgan fingerprint density at radius 3 is 3.00 bits per heavy atom. The van der Waals surface area contributed by atoms with E-state index in [9.17, 15) is 0 Å². The topological polar surface area (TPSA) is 54.7 Å². The Bertz CT molecular complexity index is 184. The van der Waals surface area contributed by atoms with Crippen LogP contribution in [0.5, 0.6) is 0 Å². The minimum Gasteiger partial charge on any atom is -0.330 e. The summed E-state index contributed by atoms with van der Waals surface area (Å²) in [6.45, 7) is 2.83. The van der Waals surface area contributed by atoms with Crippen LogP contribution in [0.15, 0.2) is 6.07 Å². The van der Waals surface area contributed by atoms with Crippen molar-refractivity contribution in [2.24, 2.45) is 5.73 Å². The molecule has 0 bridgehead atoms. The number of nitrogens with two attached hydrogens (primary N) is 1. The molecule has 0 aliphatic heterocycles. The zero-order chi connectivity index (χ0) is 8.10. The van der Waals surface area contributed by atoms with Crippen molar-refractivity contribution in [1.82, 2.24) is 10.2 Å². The van der Waals surface area contributed by atoms with E-state index in [4.69, 9.17) is 5.73 Å². The van der Waals surface area contributed by atoms with Gasteiger partial charge in [-0.15, -0.1) is 0 Å². The number of aromatic amines is 1. The van der Waals surface area contributed by atoms with E-state index in [1.165, 1.54) is 5.69 Å². The first-order valence-electron chi connectivity index (χ1n) is 4.10. The lowest BCUT2D eigenvalue weighted by Crippen LogP contribution is -2.02. The van der Waals surface area contributed by atoms with E-state index in [0.717, 1.165) is 25.0 Å². The van der Waals surface area contributed by atoms with Gasteiger partial charge < -0.3 is 5.73 Å². The smallest absolute Gasteiger partial charge is 0.0637 e. The summed E-state index contributed by atoms with van der Waals surface area (Å²) in [6, 6.07) is 2.09. The molecule has 0 atom stereocenters. The molecule has 0 saturated carbocycles. The molecule has 3 heteroatoms. The monoisotopic (exact) mass is 153 g/mol. The van der Waals surface area contributed by atoms with Crippen molar-refractivity contribution >= 4 is 0 Å². The Hall–Kier alpha value is -0.830. The fourth-order valence-electron chi connectivity index (χ4n) is 1.08. The molecule has 11 heavy (non-hydrogen) atoms. The largest absolute Gasteiger partial charge is 0.330 e. The highest BCUT2D eigenvalue weighted by Gasteiger charge is 1.97. The number of H-pyrrole nitrogens is 1. The molecule has 0 radical (unpaired) electrons. The van der Waals surface area contributed by atoms with Gasteiger partial charge in [0.1, 0.15) is 0 Å². The van der Waals surface area contributed by atoms with Crippen molar-refractivity contribution < 1.29 is 0 Å². The van der Waals surface area contributed by atoms with E-state index >= 15 is 0 Å². The first-order valence-corrected chi connectivity index (χ1v) is 4.10. The molecule has 0 amide bonds. The summed E-state index contributed by atoms with van der Waals surface area (Å²) < 4.78 is 0. The van der Waals surface area contributed by atoms with Crippen LogP contribution in [-0.2, 0) is 12.8 Å². The van der Waals surface area contributed by atoms with Crippen molar-refractivity contribution in [2.75, 3.05) is 6.54 Å². The number of nitrogens with zero attached hydrogens (tertiary/aromatic N) is 1. The van der Waals surface area contributed by atoms with Crippen LogP contribution in [0, 0.1) is 0 Å². The lowest BCUT2D eigenvalue weighted by Gasteiger charge is -1.87. The second-order valence-electron chi connectivity index (χ2n) is 2.67. The predicted octanol–water partition coefficient (Wildman–Crippen LogP) is 0.863. The highest BCUT2D eigenvalue weighted by atomic mass is 15.1. The van der Waals surface area contributed by atoms with Gasteiger partial charge in [-0.3, -0.25) is 5.10 Å². The molecule has 0 aromatic carbocycles.